The average Bonchev–Trinajstić information content (AvgIpc) is 2.74. The zero-order valence-electron chi connectivity index (χ0n) is 17.6. The van der Waals surface area contributed by atoms with E-state index in [-0.39, 0.29) is 22.5 Å². The molecular weight excluding hydrogens is 404 g/mol. The Balaban J connectivity index is 1.84. The summed E-state index contributed by atoms with van der Waals surface area (Å²) in [7, 11) is -2.41. The van der Waals surface area contributed by atoms with Crippen LogP contribution < -0.4 is 14.2 Å². The van der Waals surface area contributed by atoms with E-state index in [9.17, 15) is 13.2 Å². The summed E-state index contributed by atoms with van der Waals surface area (Å²) in [6.07, 6.45) is 3.02. The number of hydrogen-bond donors (Lipinski definition) is 1. The first-order valence-corrected chi connectivity index (χ1v) is 11.6. The second-order valence-electron chi connectivity index (χ2n) is 7.51. The predicted octanol–water partition coefficient (Wildman–Crippen LogP) is 3.91. The largest absolute Gasteiger partial charge is 0.496 e. The molecule has 3 rings (SSSR count). The van der Waals surface area contributed by atoms with Crippen LogP contribution in [0.25, 0.3) is 0 Å². The highest BCUT2D eigenvalue weighted by molar-refractivity contribution is 7.92. The van der Waals surface area contributed by atoms with Crippen LogP contribution in [-0.2, 0) is 10.0 Å². The van der Waals surface area contributed by atoms with Crippen LogP contribution in [0.15, 0.2) is 47.4 Å². The average molecular weight is 433 g/mol. The molecule has 0 atom stereocenters. The van der Waals surface area contributed by atoms with E-state index in [0.717, 1.165) is 19.3 Å². The number of hydrogen-bond acceptors (Lipinski definition) is 5. The number of likely N-dealkylation sites (tertiary alicyclic amines) is 1. The SMILES string of the molecule is COc1ccc(S(=O)(=O)Nc2ccc(OC(C)C)cc2)cc1C(=O)N1CCCCC1. The first kappa shape index (κ1) is 22.0. The van der Waals surface area contributed by atoms with Gasteiger partial charge in [-0.2, -0.15) is 0 Å². The lowest BCUT2D eigenvalue weighted by Crippen LogP contribution is -2.35. The molecule has 0 spiro atoms. The lowest BCUT2D eigenvalue weighted by molar-refractivity contribution is 0.0720. The Hall–Kier alpha value is -2.74. The first-order valence-electron chi connectivity index (χ1n) is 10.1. The summed E-state index contributed by atoms with van der Waals surface area (Å²) in [6, 6.07) is 11.0. The number of sulfonamides is 1. The van der Waals surface area contributed by atoms with E-state index in [1.165, 1.54) is 25.3 Å². The number of amides is 1. The molecular formula is C22H28N2O5S. The van der Waals surface area contributed by atoms with Gasteiger partial charge in [-0.15, -0.1) is 0 Å². The molecule has 0 aliphatic carbocycles. The number of anilines is 1. The fourth-order valence-electron chi connectivity index (χ4n) is 3.38. The van der Waals surface area contributed by atoms with Crippen LogP contribution in [0.1, 0.15) is 43.5 Å². The molecule has 0 unspecified atom stereocenters. The molecule has 2 aromatic rings. The third-order valence-electron chi connectivity index (χ3n) is 4.83. The fourth-order valence-corrected chi connectivity index (χ4v) is 4.46. The molecule has 2 aromatic carbocycles. The van der Waals surface area contributed by atoms with E-state index in [1.54, 1.807) is 29.2 Å². The van der Waals surface area contributed by atoms with Crippen molar-refractivity contribution in [3.63, 3.8) is 0 Å². The lowest BCUT2D eigenvalue weighted by atomic mass is 10.1. The van der Waals surface area contributed by atoms with Gasteiger partial charge in [-0.3, -0.25) is 9.52 Å². The van der Waals surface area contributed by atoms with E-state index >= 15 is 0 Å². The predicted molar refractivity (Wildman–Crippen MR) is 116 cm³/mol. The maximum atomic E-state index is 13.0. The first-order chi connectivity index (χ1) is 14.3. The standard InChI is InChI=1S/C22H28N2O5S/c1-16(2)29-18-9-7-17(8-10-18)23-30(26,27)19-11-12-21(28-3)20(15-19)22(25)24-13-5-4-6-14-24/h7-12,15-16,23H,4-6,13-14H2,1-3H3. The van der Waals surface area contributed by atoms with Gasteiger partial charge in [0.1, 0.15) is 11.5 Å². The van der Waals surface area contributed by atoms with Gasteiger partial charge in [0.25, 0.3) is 15.9 Å². The maximum absolute atomic E-state index is 13.0. The van der Waals surface area contributed by atoms with E-state index in [2.05, 4.69) is 4.72 Å². The van der Waals surface area contributed by atoms with E-state index in [1.807, 2.05) is 13.8 Å². The quantitative estimate of drug-likeness (QED) is 0.717. The topological polar surface area (TPSA) is 84.9 Å². The molecule has 0 bridgehead atoms. The van der Waals surface area contributed by atoms with Crippen LogP contribution in [0.4, 0.5) is 5.69 Å². The zero-order valence-corrected chi connectivity index (χ0v) is 18.4. The molecule has 0 aromatic heterocycles. The van der Waals surface area contributed by atoms with Crippen LogP contribution >= 0.6 is 0 Å². The zero-order chi connectivity index (χ0) is 21.7. The highest BCUT2D eigenvalue weighted by Gasteiger charge is 2.24. The minimum absolute atomic E-state index is 0.00571. The molecule has 1 aliphatic rings. The summed E-state index contributed by atoms with van der Waals surface area (Å²) < 4.78 is 39.3. The number of carbonyl (C=O) groups excluding carboxylic acids is 1. The van der Waals surface area contributed by atoms with Crippen molar-refractivity contribution in [3.8, 4) is 11.5 Å². The molecule has 1 saturated heterocycles. The van der Waals surface area contributed by atoms with Crippen molar-refractivity contribution in [2.24, 2.45) is 0 Å². The van der Waals surface area contributed by atoms with Crippen molar-refractivity contribution in [3.05, 3.63) is 48.0 Å². The van der Waals surface area contributed by atoms with Crippen LogP contribution in [0.2, 0.25) is 0 Å². The van der Waals surface area contributed by atoms with Crippen LogP contribution in [0.3, 0.4) is 0 Å². The minimum atomic E-state index is -3.88. The van der Waals surface area contributed by atoms with Crippen molar-refractivity contribution in [2.45, 2.75) is 44.1 Å². The van der Waals surface area contributed by atoms with E-state index in [4.69, 9.17) is 9.47 Å². The van der Waals surface area contributed by atoms with Crippen molar-refractivity contribution in [2.75, 3.05) is 24.9 Å². The summed E-state index contributed by atoms with van der Waals surface area (Å²) in [5.74, 6) is 0.810. The maximum Gasteiger partial charge on any atom is 0.261 e. The molecule has 7 nitrogen and oxygen atoms in total. The molecule has 1 aliphatic heterocycles. The summed E-state index contributed by atoms with van der Waals surface area (Å²) in [4.78, 5) is 14.7. The summed E-state index contributed by atoms with van der Waals surface area (Å²) in [5, 5.41) is 0. The van der Waals surface area contributed by atoms with Crippen molar-refractivity contribution in [1.29, 1.82) is 0 Å². The molecule has 1 heterocycles. The Labute approximate surface area is 178 Å². The van der Waals surface area contributed by atoms with Gasteiger partial charge in [0, 0.05) is 18.8 Å². The molecule has 8 heteroatoms. The molecule has 0 saturated carbocycles. The fraction of sp³-hybridized carbons (Fsp3) is 0.409. The molecule has 30 heavy (non-hydrogen) atoms. The van der Waals surface area contributed by atoms with Gasteiger partial charge < -0.3 is 14.4 Å². The van der Waals surface area contributed by atoms with Crippen LogP contribution in [-0.4, -0.2) is 45.5 Å². The van der Waals surface area contributed by atoms with E-state index in [0.29, 0.717) is 30.3 Å². The summed E-state index contributed by atoms with van der Waals surface area (Å²) in [6.45, 7) is 5.18. The summed E-state index contributed by atoms with van der Waals surface area (Å²) >= 11 is 0. The van der Waals surface area contributed by atoms with Gasteiger partial charge in [-0.1, -0.05) is 0 Å². The van der Waals surface area contributed by atoms with Gasteiger partial charge in [-0.05, 0) is 75.6 Å². The number of methoxy groups -OCH3 is 1. The van der Waals surface area contributed by atoms with Crippen molar-refractivity contribution in [1.82, 2.24) is 4.90 Å². The number of benzene rings is 2. The monoisotopic (exact) mass is 432 g/mol. The van der Waals surface area contributed by atoms with Gasteiger partial charge in [-0.25, -0.2) is 8.42 Å². The second-order valence-corrected chi connectivity index (χ2v) is 9.19. The smallest absolute Gasteiger partial charge is 0.261 e. The Morgan fingerprint density at radius 1 is 1.03 bits per heavy atom. The highest BCUT2D eigenvalue weighted by Crippen LogP contribution is 2.27. The molecule has 0 radical (unpaired) electrons. The van der Waals surface area contributed by atoms with E-state index < -0.39 is 10.0 Å². The van der Waals surface area contributed by atoms with Crippen LogP contribution in [0.5, 0.6) is 11.5 Å². The molecule has 1 N–H and O–H groups in total. The minimum Gasteiger partial charge on any atom is -0.496 e. The van der Waals surface area contributed by atoms with Gasteiger partial charge in [0.15, 0.2) is 0 Å². The number of rotatable bonds is 7. The highest BCUT2D eigenvalue weighted by atomic mass is 32.2. The number of ether oxygens (including phenoxy) is 2. The van der Waals surface area contributed by atoms with Crippen molar-refractivity contribution >= 4 is 21.6 Å². The third kappa shape index (κ3) is 5.24. The number of nitrogens with one attached hydrogen (secondary N) is 1. The van der Waals surface area contributed by atoms with Gasteiger partial charge in [0.05, 0.1) is 23.7 Å². The Bertz CT molecular complexity index is 981. The molecule has 162 valence electrons. The number of carbonyl (C=O) groups is 1. The van der Waals surface area contributed by atoms with Crippen molar-refractivity contribution < 1.29 is 22.7 Å². The Kier molecular flexibility index (Phi) is 6.87. The summed E-state index contributed by atoms with van der Waals surface area (Å²) in [5.41, 5.74) is 0.661. The normalized spacial score (nSPS) is 14.5. The number of nitrogens with zero attached hydrogens (tertiary/aromatic N) is 1. The Morgan fingerprint density at radius 2 is 1.70 bits per heavy atom. The van der Waals surface area contributed by atoms with Crippen LogP contribution in [0, 0.1) is 0 Å². The molecule has 1 amide bonds. The third-order valence-corrected chi connectivity index (χ3v) is 6.21. The van der Waals surface area contributed by atoms with Gasteiger partial charge >= 0.3 is 0 Å². The number of piperidine rings is 1. The lowest BCUT2D eigenvalue weighted by Gasteiger charge is -2.27. The Morgan fingerprint density at radius 3 is 2.30 bits per heavy atom. The van der Waals surface area contributed by atoms with Gasteiger partial charge in [0.2, 0.25) is 0 Å². The molecule has 1 fully saturated rings. The second kappa shape index (κ2) is 9.38.